The average Bonchev–Trinajstić information content (AvgIpc) is 2.37. The summed E-state index contributed by atoms with van der Waals surface area (Å²) in [4.78, 5) is 0. The fourth-order valence-corrected chi connectivity index (χ4v) is 0.970. The fourth-order valence-electron chi connectivity index (χ4n) is 0.970. The molecule has 0 radical (unpaired) electrons. The van der Waals surface area contributed by atoms with Crippen LogP contribution in [0, 0.1) is 6.92 Å². The van der Waals surface area contributed by atoms with Gasteiger partial charge in [0.2, 0.25) is 0 Å². The van der Waals surface area contributed by atoms with Crippen LogP contribution in [-0.4, -0.2) is 17.8 Å². The molecule has 62 valence electrons. The van der Waals surface area contributed by atoms with E-state index >= 15 is 0 Å². The van der Waals surface area contributed by atoms with Gasteiger partial charge in [-0.3, -0.25) is 0 Å². The summed E-state index contributed by atoms with van der Waals surface area (Å²) in [6.45, 7) is 1.91. The van der Waals surface area contributed by atoms with E-state index in [-0.39, 0.29) is 12.6 Å². The minimum absolute atomic E-state index is 0.0185. The zero-order chi connectivity index (χ0) is 8.27. The van der Waals surface area contributed by atoms with Crippen molar-refractivity contribution in [3.63, 3.8) is 0 Å². The van der Waals surface area contributed by atoms with Crippen LogP contribution < -0.4 is 5.73 Å². The van der Waals surface area contributed by atoms with Crippen molar-refractivity contribution in [2.75, 3.05) is 6.61 Å². The molecule has 0 spiro atoms. The molecule has 3 nitrogen and oxygen atoms in total. The van der Waals surface area contributed by atoms with Crippen LogP contribution in [0.4, 0.5) is 0 Å². The number of furan rings is 1. The molecule has 0 aliphatic heterocycles. The lowest BCUT2D eigenvalue weighted by Crippen LogP contribution is -2.26. The quantitative estimate of drug-likeness (QED) is 0.666. The van der Waals surface area contributed by atoms with Crippen molar-refractivity contribution in [3.05, 3.63) is 23.7 Å². The Morgan fingerprint density at radius 1 is 1.73 bits per heavy atom. The molecule has 1 atom stereocenters. The zero-order valence-corrected chi connectivity index (χ0v) is 6.58. The van der Waals surface area contributed by atoms with E-state index in [1.807, 2.05) is 13.0 Å². The predicted molar refractivity (Wildman–Crippen MR) is 42.2 cm³/mol. The number of aliphatic hydroxyl groups is 1. The Labute approximate surface area is 65.8 Å². The van der Waals surface area contributed by atoms with Crippen LogP contribution >= 0.6 is 0 Å². The molecule has 0 amide bonds. The van der Waals surface area contributed by atoms with Gasteiger partial charge in [-0.2, -0.15) is 0 Å². The van der Waals surface area contributed by atoms with Gasteiger partial charge in [0.05, 0.1) is 12.9 Å². The number of hydrogen-bond acceptors (Lipinski definition) is 3. The van der Waals surface area contributed by atoms with E-state index in [2.05, 4.69) is 0 Å². The van der Waals surface area contributed by atoms with Crippen LogP contribution in [0.1, 0.15) is 11.3 Å². The van der Waals surface area contributed by atoms with Gasteiger partial charge >= 0.3 is 0 Å². The van der Waals surface area contributed by atoms with E-state index in [1.54, 1.807) is 6.26 Å². The molecule has 0 fully saturated rings. The number of rotatable bonds is 3. The SMILES string of the molecule is Cc1occc1CC(N)CO. The second kappa shape index (κ2) is 3.55. The highest BCUT2D eigenvalue weighted by Gasteiger charge is 2.06. The first-order valence-electron chi connectivity index (χ1n) is 3.63. The Balaban J connectivity index is 2.56. The van der Waals surface area contributed by atoms with Crippen molar-refractivity contribution in [1.29, 1.82) is 0 Å². The maximum absolute atomic E-state index is 8.67. The van der Waals surface area contributed by atoms with Gasteiger partial charge in [-0.1, -0.05) is 0 Å². The van der Waals surface area contributed by atoms with Crippen LogP contribution in [0.15, 0.2) is 16.7 Å². The minimum Gasteiger partial charge on any atom is -0.469 e. The number of aryl methyl sites for hydroxylation is 1. The highest BCUT2D eigenvalue weighted by atomic mass is 16.3. The Bertz CT molecular complexity index is 220. The monoisotopic (exact) mass is 155 g/mol. The molecule has 0 saturated carbocycles. The molecule has 1 aromatic rings. The zero-order valence-electron chi connectivity index (χ0n) is 6.58. The van der Waals surface area contributed by atoms with E-state index in [4.69, 9.17) is 15.3 Å². The number of aliphatic hydroxyl groups excluding tert-OH is 1. The Morgan fingerprint density at radius 3 is 2.91 bits per heavy atom. The molecule has 1 unspecified atom stereocenters. The van der Waals surface area contributed by atoms with E-state index in [0.29, 0.717) is 6.42 Å². The third kappa shape index (κ3) is 2.06. The van der Waals surface area contributed by atoms with Crippen molar-refractivity contribution >= 4 is 0 Å². The Kier molecular flexibility index (Phi) is 2.68. The summed E-state index contributed by atoms with van der Waals surface area (Å²) in [5, 5.41) is 8.67. The van der Waals surface area contributed by atoms with Gasteiger partial charge in [-0.15, -0.1) is 0 Å². The lowest BCUT2D eigenvalue weighted by Gasteiger charge is -2.05. The maximum atomic E-state index is 8.67. The molecule has 0 aliphatic carbocycles. The topological polar surface area (TPSA) is 59.4 Å². The second-order valence-electron chi connectivity index (χ2n) is 2.65. The lowest BCUT2D eigenvalue weighted by molar-refractivity contribution is 0.265. The molecule has 1 aromatic heterocycles. The molecule has 3 N–H and O–H groups in total. The van der Waals surface area contributed by atoms with Gasteiger partial charge in [0.1, 0.15) is 5.76 Å². The van der Waals surface area contributed by atoms with Gasteiger partial charge in [-0.05, 0) is 25.0 Å². The van der Waals surface area contributed by atoms with Gasteiger partial charge in [0.25, 0.3) is 0 Å². The number of nitrogens with two attached hydrogens (primary N) is 1. The highest BCUT2D eigenvalue weighted by Crippen LogP contribution is 2.09. The molecule has 1 heterocycles. The third-order valence-corrected chi connectivity index (χ3v) is 1.68. The standard InChI is InChI=1S/C8H13NO2/c1-6-7(2-3-11-6)4-8(9)5-10/h2-3,8,10H,4-5,9H2,1H3. The first-order chi connectivity index (χ1) is 5.24. The van der Waals surface area contributed by atoms with Crippen LogP contribution in [0.3, 0.4) is 0 Å². The normalized spacial score (nSPS) is 13.4. The Hall–Kier alpha value is -0.800. The van der Waals surface area contributed by atoms with Crippen LogP contribution in [-0.2, 0) is 6.42 Å². The molecule has 1 rings (SSSR count). The average molecular weight is 155 g/mol. The van der Waals surface area contributed by atoms with Crippen LogP contribution in [0.2, 0.25) is 0 Å². The highest BCUT2D eigenvalue weighted by molar-refractivity contribution is 5.16. The first kappa shape index (κ1) is 8.30. The summed E-state index contributed by atoms with van der Waals surface area (Å²) in [5.74, 6) is 0.883. The van der Waals surface area contributed by atoms with Crippen molar-refractivity contribution < 1.29 is 9.52 Å². The minimum atomic E-state index is -0.175. The maximum Gasteiger partial charge on any atom is 0.103 e. The van der Waals surface area contributed by atoms with Gasteiger partial charge in [-0.25, -0.2) is 0 Å². The van der Waals surface area contributed by atoms with Crippen LogP contribution in [0.5, 0.6) is 0 Å². The second-order valence-corrected chi connectivity index (χ2v) is 2.65. The molecular weight excluding hydrogens is 142 g/mol. The van der Waals surface area contributed by atoms with Crippen molar-refractivity contribution in [2.45, 2.75) is 19.4 Å². The van der Waals surface area contributed by atoms with E-state index in [0.717, 1.165) is 11.3 Å². The lowest BCUT2D eigenvalue weighted by atomic mass is 10.1. The van der Waals surface area contributed by atoms with Gasteiger partial charge in [0, 0.05) is 6.04 Å². The molecular formula is C8H13NO2. The smallest absolute Gasteiger partial charge is 0.103 e. The Morgan fingerprint density at radius 2 is 2.45 bits per heavy atom. The van der Waals surface area contributed by atoms with Gasteiger partial charge < -0.3 is 15.3 Å². The summed E-state index contributed by atoms with van der Waals surface area (Å²) in [6.07, 6.45) is 2.31. The van der Waals surface area contributed by atoms with Crippen molar-refractivity contribution in [2.24, 2.45) is 5.73 Å². The molecule has 0 saturated heterocycles. The molecule has 11 heavy (non-hydrogen) atoms. The largest absolute Gasteiger partial charge is 0.469 e. The fraction of sp³-hybridized carbons (Fsp3) is 0.500. The third-order valence-electron chi connectivity index (χ3n) is 1.68. The van der Waals surface area contributed by atoms with E-state index in [1.165, 1.54) is 0 Å². The summed E-state index contributed by atoms with van der Waals surface area (Å²) >= 11 is 0. The summed E-state index contributed by atoms with van der Waals surface area (Å²) in [5.41, 5.74) is 6.62. The summed E-state index contributed by atoms with van der Waals surface area (Å²) in [6, 6.07) is 1.71. The summed E-state index contributed by atoms with van der Waals surface area (Å²) in [7, 11) is 0. The summed E-state index contributed by atoms with van der Waals surface area (Å²) < 4.78 is 5.07. The molecule has 0 aliphatic rings. The van der Waals surface area contributed by atoms with Crippen molar-refractivity contribution in [3.8, 4) is 0 Å². The first-order valence-corrected chi connectivity index (χ1v) is 3.63. The molecule has 0 bridgehead atoms. The molecule has 0 aromatic carbocycles. The molecule has 3 heteroatoms. The van der Waals surface area contributed by atoms with E-state index < -0.39 is 0 Å². The van der Waals surface area contributed by atoms with Gasteiger partial charge in [0.15, 0.2) is 0 Å². The van der Waals surface area contributed by atoms with Crippen LogP contribution in [0.25, 0.3) is 0 Å². The van der Waals surface area contributed by atoms with E-state index in [9.17, 15) is 0 Å². The van der Waals surface area contributed by atoms with Crippen molar-refractivity contribution in [1.82, 2.24) is 0 Å². The predicted octanol–water partition coefficient (Wildman–Crippen LogP) is 0.450. The number of hydrogen-bond donors (Lipinski definition) is 2.